The van der Waals surface area contributed by atoms with Crippen LogP contribution in [0.25, 0.3) is 11.4 Å². The average molecular weight is 516 g/mol. The van der Waals surface area contributed by atoms with E-state index < -0.39 is 0 Å². The van der Waals surface area contributed by atoms with Crippen LogP contribution in [0, 0.1) is 5.82 Å². The van der Waals surface area contributed by atoms with Crippen molar-refractivity contribution in [2.24, 2.45) is 0 Å². The lowest BCUT2D eigenvalue weighted by Gasteiger charge is -2.24. The van der Waals surface area contributed by atoms with E-state index in [1.165, 1.54) is 11.6 Å². The fourth-order valence-electron chi connectivity index (χ4n) is 4.78. The van der Waals surface area contributed by atoms with Gasteiger partial charge in [-0.05, 0) is 60.4 Å². The minimum Gasteiger partial charge on any atom is -0.497 e. The molecular weight excluding hydrogens is 481 g/mol. The molecule has 1 aliphatic rings. The number of hydrogen-bond acceptors (Lipinski definition) is 5. The fraction of sp³-hybridized carbons (Fsp3) is 0.323. The zero-order valence-electron chi connectivity index (χ0n) is 22.0. The molecule has 0 aliphatic carbocycles. The average Bonchev–Trinajstić information content (AvgIpc) is 3.57. The van der Waals surface area contributed by atoms with E-state index in [9.17, 15) is 4.39 Å². The van der Waals surface area contributed by atoms with Gasteiger partial charge >= 0.3 is 0 Å². The van der Waals surface area contributed by atoms with Gasteiger partial charge in [-0.1, -0.05) is 43.7 Å². The highest BCUT2D eigenvalue weighted by Crippen LogP contribution is 2.33. The lowest BCUT2D eigenvalue weighted by atomic mass is 10.1. The molecule has 38 heavy (non-hydrogen) atoms. The number of benzene rings is 3. The van der Waals surface area contributed by atoms with Crippen molar-refractivity contribution in [2.45, 2.75) is 45.8 Å². The van der Waals surface area contributed by atoms with E-state index in [2.05, 4.69) is 40.7 Å². The first kappa shape index (κ1) is 25.8. The predicted octanol–water partition coefficient (Wildman–Crippen LogP) is 6.47. The molecule has 5 rings (SSSR count). The fourth-order valence-corrected chi connectivity index (χ4v) is 4.78. The molecule has 0 spiro atoms. The maximum Gasteiger partial charge on any atom is 0.231 e. The Morgan fingerprint density at radius 3 is 2.58 bits per heavy atom. The van der Waals surface area contributed by atoms with Crippen LogP contribution in [0.4, 0.5) is 4.39 Å². The molecule has 0 amide bonds. The molecule has 2 heterocycles. The number of halogens is 1. The molecule has 0 atom stereocenters. The Kier molecular flexibility index (Phi) is 8.24. The molecule has 4 aromatic rings. The molecule has 0 radical (unpaired) electrons. The molecule has 0 bridgehead atoms. The quantitative estimate of drug-likeness (QED) is 0.216. The Bertz CT molecular complexity index is 1350. The van der Waals surface area contributed by atoms with Crippen molar-refractivity contribution in [1.82, 2.24) is 14.5 Å². The first-order valence-electron chi connectivity index (χ1n) is 13.2. The number of imidazole rings is 1. The largest absolute Gasteiger partial charge is 0.497 e. The number of nitrogens with zero attached hydrogens (tertiary/aromatic N) is 3. The molecule has 3 aromatic carbocycles. The highest BCUT2D eigenvalue weighted by molar-refractivity contribution is 5.56. The topological polar surface area (TPSA) is 48.8 Å². The van der Waals surface area contributed by atoms with Crippen molar-refractivity contribution >= 4 is 0 Å². The first-order valence-corrected chi connectivity index (χ1v) is 13.2. The van der Waals surface area contributed by atoms with Crippen LogP contribution in [0.1, 0.15) is 36.6 Å². The summed E-state index contributed by atoms with van der Waals surface area (Å²) in [4.78, 5) is 7.17. The van der Waals surface area contributed by atoms with E-state index in [4.69, 9.17) is 19.2 Å². The second-order valence-corrected chi connectivity index (χ2v) is 9.59. The highest BCUT2D eigenvalue weighted by atomic mass is 19.1. The van der Waals surface area contributed by atoms with Crippen molar-refractivity contribution in [3.63, 3.8) is 0 Å². The van der Waals surface area contributed by atoms with Gasteiger partial charge in [-0.2, -0.15) is 0 Å². The smallest absolute Gasteiger partial charge is 0.231 e. The minimum absolute atomic E-state index is 0.252. The van der Waals surface area contributed by atoms with E-state index in [1.807, 2.05) is 30.5 Å². The molecule has 198 valence electrons. The van der Waals surface area contributed by atoms with Gasteiger partial charge in [-0.15, -0.1) is 0 Å². The summed E-state index contributed by atoms with van der Waals surface area (Å²) in [5, 5.41) is 0. The van der Waals surface area contributed by atoms with Crippen molar-refractivity contribution < 1.29 is 18.6 Å². The number of ether oxygens (including phenoxy) is 3. The Morgan fingerprint density at radius 2 is 1.79 bits per heavy atom. The monoisotopic (exact) mass is 515 g/mol. The summed E-state index contributed by atoms with van der Waals surface area (Å²) >= 11 is 0. The van der Waals surface area contributed by atoms with Gasteiger partial charge in [0.05, 0.1) is 19.0 Å². The number of hydrogen-bond donors (Lipinski definition) is 0. The predicted molar refractivity (Wildman–Crippen MR) is 146 cm³/mol. The lowest BCUT2D eigenvalue weighted by Crippen LogP contribution is -2.27. The molecule has 0 N–H and O–H groups in total. The minimum atomic E-state index is -0.252. The standard InChI is InChI=1S/C31H34FN3O3/c1-3-4-15-35-27(19-33-31(35)25-6-5-7-26(32)18-25)21-34(16-14-23-8-11-28(36-2)12-9-23)20-24-10-13-29-30(17-24)38-22-37-29/h5-13,17-19H,3-4,14-16,20-22H2,1-2H3. The Morgan fingerprint density at radius 1 is 0.974 bits per heavy atom. The SMILES string of the molecule is CCCCn1c(CN(CCc2ccc(OC)cc2)Cc2ccc3c(c2)OCO3)cnc1-c1cccc(F)c1. The van der Waals surface area contributed by atoms with E-state index in [0.717, 1.165) is 85.3 Å². The molecule has 1 aromatic heterocycles. The maximum absolute atomic E-state index is 14.0. The Labute approximate surface area is 223 Å². The van der Waals surface area contributed by atoms with Crippen LogP contribution in [0.2, 0.25) is 0 Å². The van der Waals surface area contributed by atoms with Crippen molar-refractivity contribution in [3.05, 3.63) is 95.6 Å². The summed E-state index contributed by atoms with van der Waals surface area (Å²) in [5.41, 5.74) is 4.33. The molecule has 0 fully saturated rings. The van der Waals surface area contributed by atoms with Crippen molar-refractivity contribution in [3.8, 4) is 28.6 Å². The Hall–Kier alpha value is -3.84. The second-order valence-electron chi connectivity index (χ2n) is 9.59. The van der Waals surface area contributed by atoms with Crippen LogP contribution in [-0.4, -0.2) is 34.9 Å². The van der Waals surface area contributed by atoms with E-state index in [1.54, 1.807) is 19.2 Å². The number of aromatic nitrogens is 2. The van der Waals surface area contributed by atoms with Gasteiger partial charge in [0.15, 0.2) is 11.5 Å². The summed E-state index contributed by atoms with van der Waals surface area (Å²) in [6.45, 7) is 5.61. The maximum atomic E-state index is 14.0. The first-order chi connectivity index (χ1) is 18.6. The number of rotatable bonds is 12. The van der Waals surface area contributed by atoms with Crippen LogP contribution < -0.4 is 14.2 Å². The molecule has 1 aliphatic heterocycles. The van der Waals surface area contributed by atoms with Crippen LogP contribution in [0.5, 0.6) is 17.2 Å². The van der Waals surface area contributed by atoms with Gasteiger partial charge in [0.25, 0.3) is 0 Å². The van der Waals surface area contributed by atoms with Crippen LogP contribution in [0.3, 0.4) is 0 Å². The number of fused-ring (bicyclic) bond motifs is 1. The summed E-state index contributed by atoms with van der Waals surface area (Å²) in [6, 6.07) is 21.1. The van der Waals surface area contributed by atoms with Gasteiger partial charge in [-0.25, -0.2) is 9.37 Å². The van der Waals surface area contributed by atoms with Gasteiger partial charge in [-0.3, -0.25) is 4.90 Å². The number of unbranched alkanes of at least 4 members (excludes halogenated alkanes) is 1. The summed E-state index contributed by atoms with van der Waals surface area (Å²) in [7, 11) is 1.68. The summed E-state index contributed by atoms with van der Waals surface area (Å²) in [6.07, 6.45) is 4.93. The van der Waals surface area contributed by atoms with Crippen LogP contribution >= 0.6 is 0 Å². The highest BCUT2D eigenvalue weighted by Gasteiger charge is 2.18. The summed E-state index contributed by atoms with van der Waals surface area (Å²) < 4.78 is 32.7. The molecule has 7 heteroatoms. The van der Waals surface area contributed by atoms with E-state index in [-0.39, 0.29) is 12.6 Å². The zero-order chi connectivity index (χ0) is 26.3. The van der Waals surface area contributed by atoms with Crippen molar-refractivity contribution in [2.75, 3.05) is 20.4 Å². The van der Waals surface area contributed by atoms with Gasteiger partial charge in [0.1, 0.15) is 17.4 Å². The van der Waals surface area contributed by atoms with E-state index >= 15 is 0 Å². The van der Waals surface area contributed by atoms with Gasteiger partial charge in [0, 0.05) is 31.7 Å². The molecule has 6 nitrogen and oxygen atoms in total. The third-order valence-corrected chi connectivity index (χ3v) is 6.86. The molecule has 0 saturated heterocycles. The summed E-state index contributed by atoms with van der Waals surface area (Å²) in [5.74, 6) is 3.00. The molecule has 0 unspecified atom stereocenters. The van der Waals surface area contributed by atoms with Gasteiger partial charge in [0.2, 0.25) is 6.79 Å². The third-order valence-electron chi connectivity index (χ3n) is 6.86. The number of methoxy groups -OCH3 is 1. The lowest BCUT2D eigenvalue weighted by molar-refractivity contribution is 0.174. The third kappa shape index (κ3) is 6.17. The van der Waals surface area contributed by atoms with Crippen molar-refractivity contribution in [1.29, 1.82) is 0 Å². The normalized spacial score (nSPS) is 12.3. The zero-order valence-corrected chi connectivity index (χ0v) is 22.0. The molecular formula is C31H34FN3O3. The van der Waals surface area contributed by atoms with Gasteiger partial charge < -0.3 is 18.8 Å². The Balaban J connectivity index is 1.40. The van der Waals surface area contributed by atoms with E-state index in [0.29, 0.717) is 0 Å². The molecule has 0 saturated carbocycles. The van der Waals surface area contributed by atoms with Crippen LogP contribution in [0.15, 0.2) is 72.9 Å². The van der Waals surface area contributed by atoms with Crippen LogP contribution in [-0.2, 0) is 26.1 Å². The second kappa shape index (κ2) is 12.1.